The van der Waals surface area contributed by atoms with Crippen LogP contribution in [0.2, 0.25) is 0 Å². The van der Waals surface area contributed by atoms with Crippen LogP contribution < -0.4 is 5.32 Å². The highest BCUT2D eigenvalue weighted by Crippen LogP contribution is 2.34. The largest absolute Gasteiger partial charge is 0.361 e. The first kappa shape index (κ1) is 18.8. The molecule has 1 atom stereocenters. The lowest BCUT2D eigenvalue weighted by Gasteiger charge is -2.24. The molecule has 1 aliphatic carbocycles. The normalized spacial score (nSPS) is 19.0. The van der Waals surface area contributed by atoms with Crippen LogP contribution in [0, 0.1) is 0 Å². The zero-order valence-corrected chi connectivity index (χ0v) is 17.2. The third kappa shape index (κ3) is 3.57. The lowest BCUT2D eigenvalue weighted by atomic mass is 10.1. The molecule has 2 heterocycles. The van der Waals surface area contributed by atoms with E-state index in [1.807, 2.05) is 65.7 Å². The van der Waals surface area contributed by atoms with E-state index in [0.717, 1.165) is 29.3 Å². The molecular formula is C23H22N4O2S. The number of rotatable bonds is 6. The van der Waals surface area contributed by atoms with Gasteiger partial charge >= 0.3 is 0 Å². The third-order valence-corrected chi connectivity index (χ3v) is 6.11. The fourth-order valence-electron chi connectivity index (χ4n) is 4.00. The van der Waals surface area contributed by atoms with Crippen molar-refractivity contribution in [1.82, 2.24) is 14.8 Å². The van der Waals surface area contributed by atoms with Gasteiger partial charge in [0.15, 0.2) is 5.11 Å². The number of thiocarbonyl (C=S) groups is 1. The van der Waals surface area contributed by atoms with Crippen LogP contribution in [0.3, 0.4) is 0 Å². The second kappa shape index (κ2) is 7.57. The number of carbonyl (C=O) groups is 2. The highest BCUT2D eigenvalue weighted by Gasteiger charge is 2.48. The smallest absolute Gasteiger partial charge is 0.252 e. The van der Waals surface area contributed by atoms with E-state index in [-0.39, 0.29) is 24.3 Å². The van der Waals surface area contributed by atoms with Crippen LogP contribution in [0.25, 0.3) is 10.9 Å². The summed E-state index contributed by atoms with van der Waals surface area (Å²) in [7, 11) is 0. The Balaban J connectivity index is 1.34. The second-order valence-electron chi connectivity index (χ2n) is 7.88. The minimum atomic E-state index is -0.576. The summed E-state index contributed by atoms with van der Waals surface area (Å²) in [5, 5.41) is 4.55. The predicted molar refractivity (Wildman–Crippen MR) is 120 cm³/mol. The average Bonchev–Trinajstić information content (AvgIpc) is 3.41. The first-order chi connectivity index (χ1) is 14.6. The Bertz CT molecular complexity index is 1120. The second-order valence-corrected chi connectivity index (χ2v) is 8.25. The summed E-state index contributed by atoms with van der Waals surface area (Å²) in [6, 6.07) is 17.2. The van der Waals surface area contributed by atoms with E-state index in [1.54, 1.807) is 4.90 Å². The van der Waals surface area contributed by atoms with Crippen LogP contribution in [0.1, 0.15) is 24.8 Å². The average molecular weight is 419 g/mol. The number of amides is 2. The van der Waals surface area contributed by atoms with Gasteiger partial charge in [0.05, 0.1) is 6.42 Å². The van der Waals surface area contributed by atoms with Gasteiger partial charge in [-0.25, -0.2) is 0 Å². The summed E-state index contributed by atoms with van der Waals surface area (Å²) >= 11 is 5.65. The van der Waals surface area contributed by atoms with Gasteiger partial charge in [-0.15, -0.1) is 0 Å². The van der Waals surface area contributed by atoms with Gasteiger partial charge in [0.1, 0.15) is 6.04 Å². The zero-order valence-electron chi connectivity index (χ0n) is 16.4. The number of hydrogen-bond donors (Lipinski definition) is 2. The van der Waals surface area contributed by atoms with Crippen LogP contribution in [0.15, 0.2) is 60.8 Å². The molecule has 6 nitrogen and oxygen atoms in total. The summed E-state index contributed by atoms with van der Waals surface area (Å²) in [5.41, 5.74) is 2.72. The molecule has 2 amide bonds. The van der Waals surface area contributed by atoms with Crippen LogP contribution in [-0.2, 0) is 16.1 Å². The highest BCUT2D eigenvalue weighted by molar-refractivity contribution is 7.80. The minimum absolute atomic E-state index is 0.0617. The summed E-state index contributed by atoms with van der Waals surface area (Å²) in [5.74, 6) is -0.258. The maximum Gasteiger partial charge on any atom is 0.252 e. The van der Waals surface area contributed by atoms with Crippen LogP contribution in [0.5, 0.6) is 0 Å². The number of aromatic nitrogens is 1. The molecule has 1 saturated heterocycles. The van der Waals surface area contributed by atoms with Crippen LogP contribution in [-0.4, -0.2) is 43.8 Å². The molecule has 30 heavy (non-hydrogen) atoms. The lowest BCUT2D eigenvalue weighted by molar-refractivity contribution is -0.131. The fourth-order valence-corrected chi connectivity index (χ4v) is 4.43. The molecule has 5 rings (SSSR count). The molecule has 0 spiro atoms. The Hall–Kier alpha value is -3.19. The number of H-pyrrole nitrogens is 1. The molecule has 7 heteroatoms. The number of aromatic amines is 1. The van der Waals surface area contributed by atoms with E-state index in [2.05, 4.69) is 10.3 Å². The number of nitrogens with one attached hydrogen (secondary N) is 2. The maximum atomic E-state index is 13.1. The first-order valence-corrected chi connectivity index (χ1v) is 10.6. The van der Waals surface area contributed by atoms with Gasteiger partial charge in [-0.3, -0.25) is 14.5 Å². The molecule has 1 unspecified atom stereocenters. The third-order valence-electron chi connectivity index (χ3n) is 5.68. The first-order valence-electron chi connectivity index (χ1n) is 10.1. The Morgan fingerprint density at radius 1 is 1.13 bits per heavy atom. The van der Waals surface area contributed by atoms with E-state index in [1.165, 1.54) is 0 Å². The molecule has 1 aromatic heterocycles. The van der Waals surface area contributed by atoms with Gasteiger partial charge in [0.25, 0.3) is 5.91 Å². The van der Waals surface area contributed by atoms with Crippen molar-refractivity contribution in [2.75, 3.05) is 5.32 Å². The quantitative estimate of drug-likeness (QED) is 0.600. The lowest BCUT2D eigenvalue weighted by Crippen LogP contribution is -2.37. The van der Waals surface area contributed by atoms with Crippen molar-refractivity contribution < 1.29 is 9.59 Å². The minimum Gasteiger partial charge on any atom is -0.361 e. The molecule has 0 bridgehead atoms. The Morgan fingerprint density at radius 3 is 2.70 bits per heavy atom. The van der Waals surface area contributed by atoms with Crippen molar-refractivity contribution in [3.63, 3.8) is 0 Å². The summed E-state index contributed by atoms with van der Waals surface area (Å²) in [6.45, 7) is 0.515. The summed E-state index contributed by atoms with van der Waals surface area (Å²) < 4.78 is 0. The van der Waals surface area contributed by atoms with Gasteiger partial charge < -0.3 is 15.2 Å². The summed E-state index contributed by atoms with van der Waals surface area (Å²) in [6.07, 6.45) is 3.88. The van der Waals surface area contributed by atoms with Crippen molar-refractivity contribution in [3.05, 3.63) is 66.4 Å². The number of nitrogens with zero attached hydrogens (tertiary/aromatic N) is 2. The predicted octanol–water partition coefficient (Wildman–Crippen LogP) is 3.66. The molecule has 3 aromatic rings. The monoisotopic (exact) mass is 418 g/mol. The van der Waals surface area contributed by atoms with Gasteiger partial charge in [0.2, 0.25) is 5.91 Å². The van der Waals surface area contributed by atoms with Crippen molar-refractivity contribution in [2.45, 2.75) is 37.9 Å². The van der Waals surface area contributed by atoms with Crippen LogP contribution >= 0.6 is 12.2 Å². The number of hydrogen-bond acceptors (Lipinski definition) is 3. The molecule has 152 valence electrons. The van der Waals surface area contributed by atoms with Crippen LogP contribution in [0.4, 0.5) is 5.69 Å². The fraction of sp³-hybridized carbons (Fsp3) is 0.261. The van der Waals surface area contributed by atoms with E-state index in [0.29, 0.717) is 17.3 Å². The number of benzene rings is 2. The topological polar surface area (TPSA) is 68.4 Å². The van der Waals surface area contributed by atoms with Gasteiger partial charge in [-0.1, -0.05) is 36.4 Å². The Kier molecular flexibility index (Phi) is 4.75. The van der Waals surface area contributed by atoms with E-state index >= 15 is 0 Å². The van der Waals surface area contributed by atoms with Crippen molar-refractivity contribution in [2.24, 2.45) is 0 Å². The van der Waals surface area contributed by atoms with E-state index in [4.69, 9.17) is 12.2 Å². The Labute approximate surface area is 179 Å². The van der Waals surface area contributed by atoms with Crippen molar-refractivity contribution in [3.8, 4) is 0 Å². The molecule has 2 aliphatic rings. The highest BCUT2D eigenvalue weighted by atomic mass is 32.1. The zero-order chi connectivity index (χ0) is 20.7. The Morgan fingerprint density at radius 2 is 1.93 bits per heavy atom. The molecule has 0 radical (unpaired) electrons. The van der Waals surface area contributed by atoms with Crippen molar-refractivity contribution in [1.29, 1.82) is 0 Å². The van der Waals surface area contributed by atoms with E-state index < -0.39 is 6.04 Å². The maximum absolute atomic E-state index is 13.1. The molecule has 2 N–H and O–H groups in total. The molecule has 1 saturated carbocycles. The number of fused-ring (bicyclic) bond motifs is 1. The van der Waals surface area contributed by atoms with E-state index in [9.17, 15) is 9.59 Å². The SMILES string of the molecule is O=C(CC1C(=O)N(C2CC2)C(=S)N1Cc1ccccc1)Nc1ccc2cc[nH]c2c1. The van der Waals surface area contributed by atoms with Gasteiger partial charge in [0, 0.05) is 30.0 Å². The molecule has 1 aliphatic heterocycles. The van der Waals surface area contributed by atoms with Crippen molar-refractivity contribution >= 4 is 45.7 Å². The number of anilines is 1. The molecule has 2 fully saturated rings. The molecule has 2 aromatic carbocycles. The van der Waals surface area contributed by atoms with Gasteiger partial charge in [-0.05, 0) is 54.2 Å². The molecular weight excluding hydrogens is 396 g/mol. The standard InChI is InChI=1S/C23H22N4O2S/c28-21(25-17-7-6-16-10-11-24-19(16)12-17)13-20-22(29)27(18-8-9-18)23(30)26(20)14-15-4-2-1-3-5-15/h1-7,10-12,18,20,24H,8-9,13-14H2,(H,25,28). The van der Waals surface area contributed by atoms with Gasteiger partial charge in [-0.2, -0.15) is 0 Å². The number of carbonyl (C=O) groups excluding carboxylic acids is 2. The summed E-state index contributed by atoms with van der Waals surface area (Å²) in [4.78, 5) is 32.7.